The Morgan fingerprint density at radius 3 is 2.69 bits per heavy atom. The quantitative estimate of drug-likeness (QED) is 0.576. The zero-order valence-electron chi connectivity index (χ0n) is 15.4. The third kappa shape index (κ3) is 6.13. The summed E-state index contributed by atoms with van der Waals surface area (Å²) in [6.07, 6.45) is 0. The summed E-state index contributed by atoms with van der Waals surface area (Å²) in [7, 11) is 1.49. The minimum Gasteiger partial charge on any atom is -0.355 e. The van der Waals surface area contributed by atoms with Gasteiger partial charge in [-0.2, -0.15) is 0 Å². The summed E-state index contributed by atoms with van der Waals surface area (Å²) in [5.74, 6) is -1.06. The lowest BCUT2D eigenvalue weighted by Gasteiger charge is -2.16. The summed E-state index contributed by atoms with van der Waals surface area (Å²) in [5, 5.41) is 8.30. The van der Waals surface area contributed by atoms with Crippen LogP contribution in [-0.4, -0.2) is 41.2 Å². The van der Waals surface area contributed by atoms with E-state index in [4.69, 9.17) is 4.52 Å². The molecule has 0 bridgehead atoms. The third-order valence-corrected chi connectivity index (χ3v) is 5.59. The molecule has 1 aromatic carbocycles. The van der Waals surface area contributed by atoms with E-state index < -0.39 is 17.5 Å². The van der Waals surface area contributed by atoms with Crippen molar-refractivity contribution < 1.29 is 22.9 Å². The topological polar surface area (TPSA) is 75.4 Å². The van der Waals surface area contributed by atoms with E-state index in [-0.39, 0.29) is 23.9 Å². The fraction of sp³-hybridized carbons (Fsp3) is 0.211. The average Bonchev–Trinajstić information content (AvgIpc) is 3.32. The third-order valence-electron chi connectivity index (χ3n) is 3.75. The van der Waals surface area contributed by atoms with E-state index >= 15 is 0 Å². The maximum Gasteiger partial charge on any atom is 0.243 e. The molecule has 152 valence electrons. The van der Waals surface area contributed by atoms with E-state index in [1.807, 2.05) is 23.6 Å². The summed E-state index contributed by atoms with van der Waals surface area (Å²) in [5.41, 5.74) is 0.718. The number of nitrogens with zero attached hydrogens (tertiary/aromatic N) is 2. The largest absolute Gasteiger partial charge is 0.355 e. The van der Waals surface area contributed by atoms with Gasteiger partial charge in [-0.25, -0.2) is 8.78 Å². The summed E-state index contributed by atoms with van der Waals surface area (Å²) in [4.78, 5) is 26.4. The maximum atomic E-state index is 13.2. The highest BCUT2D eigenvalue weighted by molar-refractivity contribution is 7.99. The Kier molecular flexibility index (Phi) is 6.99. The van der Waals surface area contributed by atoms with Gasteiger partial charge in [-0.05, 0) is 23.6 Å². The molecule has 0 aliphatic carbocycles. The minimum absolute atomic E-state index is 0.00435. The Bertz CT molecular complexity index is 972. The van der Waals surface area contributed by atoms with Crippen molar-refractivity contribution >= 4 is 40.6 Å². The second-order valence-electron chi connectivity index (χ2n) is 6.11. The smallest absolute Gasteiger partial charge is 0.243 e. The first kappa shape index (κ1) is 21.0. The maximum absolute atomic E-state index is 13.2. The fourth-order valence-corrected chi connectivity index (χ4v) is 3.91. The molecule has 29 heavy (non-hydrogen) atoms. The molecule has 0 saturated carbocycles. The van der Waals surface area contributed by atoms with Gasteiger partial charge in [0.1, 0.15) is 11.6 Å². The van der Waals surface area contributed by atoms with Gasteiger partial charge in [-0.1, -0.05) is 11.2 Å². The monoisotopic (exact) mass is 437 g/mol. The number of thiophene rings is 1. The van der Waals surface area contributed by atoms with E-state index in [0.29, 0.717) is 17.6 Å². The van der Waals surface area contributed by atoms with Crippen LogP contribution >= 0.6 is 23.1 Å². The number of thioether (sulfide) groups is 1. The van der Waals surface area contributed by atoms with E-state index in [9.17, 15) is 18.4 Å². The van der Waals surface area contributed by atoms with Gasteiger partial charge >= 0.3 is 0 Å². The lowest BCUT2D eigenvalue weighted by Crippen LogP contribution is -2.36. The second-order valence-corrected chi connectivity index (χ2v) is 8.04. The molecule has 0 saturated heterocycles. The van der Waals surface area contributed by atoms with Gasteiger partial charge in [0, 0.05) is 30.6 Å². The molecule has 0 radical (unpaired) electrons. The molecule has 6 nitrogen and oxygen atoms in total. The van der Waals surface area contributed by atoms with E-state index in [1.165, 1.54) is 23.7 Å². The molecule has 3 rings (SSSR count). The van der Waals surface area contributed by atoms with Gasteiger partial charge in [-0.15, -0.1) is 23.1 Å². The summed E-state index contributed by atoms with van der Waals surface area (Å²) in [6.45, 7) is -0.232. The van der Waals surface area contributed by atoms with Crippen LogP contribution in [0.1, 0.15) is 5.69 Å². The first-order valence-electron chi connectivity index (χ1n) is 8.48. The standard InChI is InChI=1S/C19H17F2N3O3S2/c1-24(9-18(25)22-14-6-12(20)5-13(21)7-14)19(26)11-28-10-15-8-16(27-23-15)17-3-2-4-29-17/h2-8H,9-11H2,1H3,(H,22,25). The molecule has 2 heterocycles. The Balaban J connectivity index is 1.42. The van der Waals surface area contributed by atoms with Gasteiger partial charge in [0.2, 0.25) is 11.8 Å². The minimum atomic E-state index is -0.795. The lowest BCUT2D eigenvalue weighted by atomic mass is 10.3. The normalized spacial score (nSPS) is 10.7. The molecule has 10 heteroatoms. The van der Waals surface area contributed by atoms with Crippen molar-refractivity contribution in [1.29, 1.82) is 0 Å². The van der Waals surface area contributed by atoms with Crippen molar-refractivity contribution in [3.8, 4) is 10.6 Å². The van der Waals surface area contributed by atoms with Crippen LogP contribution in [-0.2, 0) is 15.3 Å². The second kappa shape index (κ2) is 9.66. The van der Waals surface area contributed by atoms with Crippen LogP contribution in [0.15, 0.2) is 46.3 Å². The Labute approximate surface area is 173 Å². The summed E-state index contributed by atoms with van der Waals surface area (Å²) >= 11 is 2.90. The number of benzene rings is 1. The fourth-order valence-electron chi connectivity index (χ4n) is 2.40. The van der Waals surface area contributed by atoms with Gasteiger partial charge < -0.3 is 14.7 Å². The number of hydrogen-bond acceptors (Lipinski definition) is 6. The van der Waals surface area contributed by atoms with Crippen molar-refractivity contribution in [2.45, 2.75) is 5.75 Å². The zero-order chi connectivity index (χ0) is 20.8. The van der Waals surface area contributed by atoms with Crippen LogP contribution < -0.4 is 5.32 Å². The highest BCUT2D eigenvalue weighted by Crippen LogP contribution is 2.26. The van der Waals surface area contributed by atoms with Gasteiger partial charge in [0.15, 0.2) is 5.76 Å². The number of amides is 2. The highest BCUT2D eigenvalue weighted by Gasteiger charge is 2.15. The first-order valence-corrected chi connectivity index (χ1v) is 10.5. The van der Waals surface area contributed by atoms with E-state index in [2.05, 4.69) is 10.5 Å². The van der Waals surface area contributed by atoms with Crippen LogP contribution in [0.3, 0.4) is 0 Å². The van der Waals surface area contributed by atoms with Crippen molar-refractivity contribution in [3.63, 3.8) is 0 Å². The number of hydrogen-bond donors (Lipinski definition) is 1. The summed E-state index contributed by atoms with van der Waals surface area (Å²) in [6, 6.07) is 8.40. The number of anilines is 1. The van der Waals surface area contributed by atoms with Gasteiger partial charge in [-0.3, -0.25) is 9.59 Å². The van der Waals surface area contributed by atoms with Gasteiger partial charge in [0.05, 0.1) is 22.9 Å². The van der Waals surface area contributed by atoms with E-state index in [1.54, 1.807) is 11.3 Å². The van der Waals surface area contributed by atoms with Crippen LogP contribution in [0, 0.1) is 11.6 Å². The number of likely N-dealkylation sites (N-methyl/N-ethyl adjacent to an activating group) is 1. The lowest BCUT2D eigenvalue weighted by molar-refractivity contribution is -0.131. The Morgan fingerprint density at radius 2 is 2.00 bits per heavy atom. The van der Waals surface area contributed by atoms with Crippen LogP contribution in [0.5, 0.6) is 0 Å². The molecular formula is C19H17F2N3O3S2. The molecule has 0 aliphatic heterocycles. The first-order chi connectivity index (χ1) is 13.9. The molecule has 2 amide bonds. The van der Waals surface area contributed by atoms with Crippen molar-refractivity contribution in [1.82, 2.24) is 10.1 Å². The van der Waals surface area contributed by atoms with Crippen LogP contribution in [0.4, 0.5) is 14.5 Å². The van der Waals surface area contributed by atoms with Gasteiger partial charge in [0.25, 0.3) is 0 Å². The molecule has 3 aromatic rings. The number of carbonyl (C=O) groups excluding carboxylic acids is 2. The van der Waals surface area contributed by atoms with Crippen molar-refractivity contribution in [2.75, 3.05) is 24.7 Å². The molecule has 0 unspecified atom stereocenters. The predicted molar refractivity (Wildman–Crippen MR) is 109 cm³/mol. The predicted octanol–water partition coefficient (Wildman–Crippen LogP) is 4.01. The van der Waals surface area contributed by atoms with Crippen LogP contribution in [0.2, 0.25) is 0 Å². The van der Waals surface area contributed by atoms with E-state index in [0.717, 1.165) is 22.7 Å². The molecule has 0 fully saturated rings. The van der Waals surface area contributed by atoms with Crippen LogP contribution in [0.25, 0.3) is 10.6 Å². The molecule has 0 spiro atoms. The SMILES string of the molecule is CN(CC(=O)Nc1cc(F)cc(F)c1)C(=O)CSCc1cc(-c2cccs2)on1. The molecule has 1 N–H and O–H groups in total. The van der Waals surface area contributed by atoms with Crippen molar-refractivity contribution in [2.24, 2.45) is 0 Å². The highest BCUT2D eigenvalue weighted by atomic mass is 32.2. The molecule has 2 aromatic heterocycles. The number of carbonyl (C=O) groups is 2. The molecule has 0 atom stereocenters. The summed E-state index contributed by atoms with van der Waals surface area (Å²) < 4.78 is 31.6. The molecule has 0 aliphatic rings. The Morgan fingerprint density at radius 1 is 1.24 bits per heavy atom. The number of aromatic nitrogens is 1. The zero-order valence-corrected chi connectivity index (χ0v) is 17.0. The Hall–Kier alpha value is -2.72. The average molecular weight is 437 g/mol. The number of nitrogens with one attached hydrogen (secondary N) is 1. The van der Waals surface area contributed by atoms with Crippen molar-refractivity contribution in [3.05, 3.63) is 59.1 Å². The number of rotatable bonds is 8. The molecular weight excluding hydrogens is 420 g/mol. The number of halogens is 2.